The maximum Gasteiger partial charge on any atom is 0.259 e. The Morgan fingerprint density at radius 2 is 2.25 bits per heavy atom. The Morgan fingerprint density at radius 3 is 3.00 bits per heavy atom. The molecule has 6 heteroatoms. The summed E-state index contributed by atoms with van der Waals surface area (Å²) in [6.45, 7) is 5.75. The molecule has 0 aliphatic heterocycles. The minimum Gasteiger partial charge on any atom is -0.494 e. The number of nitrogens with zero attached hydrogens (tertiary/aromatic N) is 1. The number of nitrogen functional groups attached to an aromatic ring is 1. The molecule has 0 bridgehead atoms. The molecule has 0 radical (unpaired) electrons. The van der Waals surface area contributed by atoms with Crippen molar-refractivity contribution in [1.29, 1.82) is 0 Å². The lowest BCUT2D eigenvalue weighted by Gasteiger charge is -2.10. The average molecular weight is 329 g/mol. The predicted octanol–water partition coefficient (Wildman–Crippen LogP) is 3.71. The van der Waals surface area contributed by atoms with Crippen molar-refractivity contribution in [3.8, 4) is 5.75 Å². The summed E-state index contributed by atoms with van der Waals surface area (Å²) in [4.78, 5) is 15.8. The molecule has 0 aliphatic carbocycles. The number of benzene rings is 1. The third-order valence-corrected chi connectivity index (χ3v) is 3.34. The first-order chi connectivity index (χ1) is 11.5. The van der Waals surface area contributed by atoms with E-state index in [1.807, 2.05) is 12.1 Å². The van der Waals surface area contributed by atoms with E-state index in [-0.39, 0.29) is 16.9 Å². The number of anilines is 2. The fourth-order valence-corrected chi connectivity index (χ4v) is 2.07. The third kappa shape index (κ3) is 4.55. The molecule has 5 nitrogen and oxygen atoms in total. The number of halogens is 1. The number of carbonyl (C=O) groups excluding carboxylic acids is 1. The van der Waals surface area contributed by atoms with Crippen LogP contribution in [0.3, 0.4) is 0 Å². The lowest BCUT2D eigenvalue weighted by atomic mass is 10.1. The Kier molecular flexibility index (Phi) is 5.89. The molecule has 0 fully saturated rings. The highest BCUT2D eigenvalue weighted by Gasteiger charge is 2.14. The third-order valence-electron chi connectivity index (χ3n) is 3.34. The number of hydrogen-bond donors (Lipinski definition) is 2. The number of ether oxygens (including phenoxy) is 1. The molecule has 2 rings (SSSR count). The van der Waals surface area contributed by atoms with Crippen LogP contribution in [-0.2, 0) is 0 Å². The van der Waals surface area contributed by atoms with Gasteiger partial charge in [0.15, 0.2) is 0 Å². The molecule has 1 aromatic heterocycles. The number of hydrogen-bond acceptors (Lipinski definition) is 4. The monoisotopic (exact) mass is 329 g/mol. The van der Waals surface area contributed by atoms with Crippen LogP contribution >= 0.6 is 0 Å². The van der Waals surface area contributed by atoms with Crippen molar-refractivity contribution in [2.75, 3.05) is 17.7 Å². The van der Waals surface area contributed by atoms with E-state index in [0.717, 1.165) is 12.8 Å². The Hall–Kier alpha value is -2.89. The maximum absolute atomic E-state index is 13.3. The van der Waals surface area contributed by atoms with Crippen molar-refractivity contribution in [2.24, 2.45) is 0 Å². The van der Waals surface area contributed by atoms with Gasteiger partial charge < -0.3 is 15.8 Å². The van der Waals surface area contributed by atoms with Gasteiger partial charge in [-0.3, -0.25) is 4.79 Å². The zero-order valence-electron chi connectivity index (χ0n) is 13.5. The summed E-state index contributed by atoms with van der Waals surface area (Å²) < 4.78 is 18.9. The molecule has 24 heavy (non-hydrogen) atoms. The molecule has 3 N–H and O–H groups in total. The summed E-state index contributed by atoms with van der Waals surface area (Å²) in [5.74, 6) is -0.628. The molecule has 126 valence electrons. The van der Waals surface area contributed by atoms with Crippen LogP contribution < -0.4 is 15.8 Å². The molecule has 2 aromatic rings. The van der Waals surface area contributed by atoms with Gasteiger partial charge in [-0.2, -0.15) is 4.39 Å². The zero-order valence-corrected chi connectivity index (χ0v) is 13.5. The van der Waals surface area contributed by atoms with Crippen molar-refractivity contribution in [2.45, 2.75) is 19.8 Å². The Bertz CT molecular complexity index is 747. The summed E-state index contributed by atoms with van der Waals surface area (Å²) in [6.07, 6.45) is 3.59. The first kappa shape index (κ1) is 17.5. The summed E-state index contributed by atoms with van der Waals surface area (Å²) in [6, 6.07) is 8.40. The number of pyridine rings is 1. The van der Waals surface area contributed by atoms with Crippen LogP contribution in [0.4, 0.5) is 15.9 Å². The number of nitrogens with two attached hydrogens (primary N) is 1. The second kappa shape index (κ2) is 8.10. The van der Waals surface area contributed by atoms with Crippen molar-refractivity contribution in [3.05, 3.63) is 60.1 Å². The van der Waals surface area contributed by atoms with Crippen molar-refractivity contribution >= 4 is 17.4 Å². The number of carbonyl (C=O) groups is 1. The van der Waals surface area contributed by atoms with Crippen molar-refractivity contribution in [3.63, 3.8) is 0 Å². The Labute approximate surface area is 140 Å². The van der Waals surface area contributed by atoms with Gasteiger partial charge in [-0.1, -0.05) is 12.1 Å². The van der Waals surface area contributed by atoms with E-state index >= 15 is 0 Å². The van der Waals surface area contributed by atoms with Gasteiger partial charge in [0.1, 0.15) is 11.6 Å². The van der Waals surface area contributed by atoms with Gasteiger partial charge >= 0.3 is 0 Å². The highest BCUT2D eigenvalue weighted by Crippen LogP contribution is 2.20. The minimum atomic E-state index is -0.682. The zero-order chi connectivity index (χ0) is 17.5. The normalized spacial score (nSPS) is 10.2. The van der Waals surface area contributed by atoms with Crippen LogP contribution in [0.1, 0.15) is 28.8 Å². The maximum atomic E-state index is 13.3. The molecule has 1 amide bonds. The largest absolute Gasteiger partial charge is 0.494 e. The number of unbranched alkanes of at least 4 members (excludes halogenated alkanes) is 1. The van der Waals surface area contributed by atoms with Gasteiger partial charge in [0.2, 0.25) is 5.95 Å². The molecule has 1 heterocycles. The topological polar surface area (TPSA) is 77.2 Å². The molecule has 0 spiro atoms. The molecule has 0 saturated heterocycles. The second-order valence-corrected chi connectivity index (χ2v) is 5.29. The van der Waals surface area contributed by atoms with Gasteiger partial charge in [-0.15, -0.1) is 6.58 Å². The van der Waals surface area contributed by atoms with Gasteiger partial charge in [-0.25, -0.2) is 4.98 Å². The smallest absolute Gasteiger partial charge is 0.259 e. The van der Waals surface area contributed by atoms with Crippen LogP contribution in [-0.4, -0.2) is 17.5 Å². The number of aryl methyl sites for hydroxylation is 1. The number of amides is 1. The molecule has 1 aromatic carbocycles. The number of nitrogens with one attached hydrogen (secondary N) is 1. The summed E-state index contributed by atoms with van der Waals surface area (Å²) in [5.41, 5.74) is 6.57. The van der Waals surface area contributed by atoms with E-state index in [1.165, 1.54) is 13.0 Å². The molecule has 0 atom stereocenters. The number of aromatic nitrogens is 1. The second-order valence-electron chi connectivity index (χ2n) is 5.29. The quantitative estimate of drug-likeness (QED) is 0.461. The SMILES string of the molecule is C=CCCCOc1cccc(NC(=O)c2cc(C)c(F)nc2N)c1. The van der Waals surface area contributed by atoms with Crippen molar-refractivity contribution in [1.82, 2.24) is 4.98 Å². The lowest BCUT2D eigenvalue weighted by molar-refractivity contribution is 0.102. The first-order valence-corrected chi connectivity index (χ1v) is 7.59. The van der Waals surface area contributed by atoms with Crippen LogP contribution in [0.5, 0.6) is 5.75 Å². The lowest BCUT2D eigenvalue weighted by Crippen LogP contribution is -2.16. The first-order valence-electron chi connectivity index (χ1n) is 7.59. The van der Waals surface area contributed by atoms with E-state index in [9.17, 15) is 9.18 Å². The van der Waals surface area contributed by atoms with Gasteiger partial charge in [0.25, 0.3) is 5.91 Å². The number of rotatable bonds is 7. The van der Waals surface area contributed by atoms with E-state index in [2.05, 4.69) is 16.9 Å². The molecular weight excluding hydrogens is 309 g/mol. The standard InChI is InChI=1S/C18H20FN3O2/c1-3-4-5-9-24-14-8-6-7-13(11-14)21-18(23)15-10-12(2)16(19)22-17(15)20/h3,6-8,10-11H,1,4-5,9H2,2H3,(H2,20,22)(H,21,23). The fourth-order valence-electron chi connectivity index (χ4n) is 2.07. The predicted molar refractivity (Wildman–Crippen MR) is 92.7 cm³/mol. The van der Waals surface area contributed by atoms with Gasteiger partial charge in [-0.05, 0) is 38.0 Å². The molecule has 0 aliphatic rings. The Balaban J connectivity index is 2.06. The van der Waals surface area contributed by atoms with Crippen LogP contribution in [0.25, 0.3) is 0 Å². The average Bonchev–Trinajstić information content (AvgIpc) is 2.55. The highest BCUT2D eigenvalue weighted by atomic mass is 19.1. The van der Waals surface area contributed by atoms with E-state index in [4.69, 9.17) is 10.5 Å². The van der Waals surface area contributed by atoms with E-state index in [1.54, 1.807) is 18.2 Å². The summed E-state index contributed by atoms with van der Waals surface area (Å²) in [7, 11) is 0. The highest BCUT2D eigenvalue weighted by molar-refractivity contribution is 6.07. The van der Waals surface area contributed by atoms with Crippen LogP contribution in [0.15, 0.2) is 43.0 Å². The van der Waals surface area contributed by atoms with Crippen LogP contribution in [0.2, 0.25) is 0 Å². The molecular formula is C18H20FN3O2. The van der Waals surface area contributed by atoms with E-state index < -0.39 is 11.9 Å². The van der Waals surface area contributed by atoms with Gasteiger partial charge in [0, 0.05) is 17.3 Å². The number of allylic oxidation sites excluding steroid dienone is 1. The van der Waals surface area contributed by atoms with E-state index in [0.29, 0.717) is 18.0 Å². The molecule has 0 unspecified atom stereocenters. The fraction of sp³-hybridized carbons (Fsp3) is 0.222. The van der Waals surface area contributed by atoms with Gasteiger partial charge in [0.05, 0.1) is 12.2 Å². The Morgan fingerprint density at radius 1 is 1.46 bits per heavy atom. The summed E-state index contributed by atoms with van der Waals surface area (Å²) >= 11 is 0. The summed E-state index contributed by atoms with van der Waals surface area (Å²) in [5, 5.41) is 2.71. The molecule has 0 saturated carbocycles. The van der Waals surface area contributed by atoms with Crippen molar-refractivity contribution < 1.29 is 13.9 Å². The van der Waals surface area contributed by atoms with Crippen LogP contribution in [0, 0.1) is 12.9 Å². The minimum absolute atomic E-state index is 0.131.